The van der Waals surface area contributed by atoms with E-state index in [9.17, 15) is 0 Å². The quantitative estimate of drug-likeness (QED) is 0.786. The van der Waals surface area contributed by atoms with Crippen LogP contribution in [0.15, 0.2) is 36.5 Å². The summed E-state index contributed by atoms with van der Waals surface area (Å²) < 4.78 is 2.10. The number of nitrogen functional groups attached to an aromatic ring is 1. The van der Waals surface area contributed by atoms with Crippen molar-refractivity contribution in [2.24, 2.45) is 0 Å². The number of benzene rings is 1. The number of anilines is 2. The predicted molar refractivity (Wildman–Crippen MR) is 89.4 cm³/mol. The van der Waals surface area contributed by atoms with Gasteiger partial charge in [-0.3, -0.25) is 4.68 Å². The number of hydrogen-bond donors (Lipinski definition) is 1. The summed E-state index contributed by atoms with van der Waals surface area (Å²) >= 11 is 0. The van der Waals surface area contributed by atoms with Gasteiger partial charge in [0.05, 0.1) is 18.3 Å². The minimum atomic E-state index is 0.505. The van der Waals surface area contributed by atoms with Crippen molar-refractivity contribution < 1.29 is 0 Å². The minimum absolute atomic E-state index is 0.505. The Morgan fingerprint density at radius 1 is 1.10 bits per heavy atom. The summed E-state index contributed by atoms with van der Waals surface area (Å²) in [5, 5.41) is 4.73. The fourth-order valence-electron chi connectivity index (χ4n) is 2.59. The van der Waals surface area contributed by atoms with E-state index in [2.05, 4.69) is 54.7 Å². The molecule has 0 unspecified atom stereocenters. The molecule has 0 aliphatic carbocycles. The van der Waals surface area contributed by atoms with Crippen molar-refractivity contribution in [2.75, 3.05) is 17.2 Å². The van der Waals surface area contributed by atoms with Crippen molar-refractivity contribution in [3.63, 3.8) is 0 Å². The molecule has 0 aliphatic rings. The summed E-state index contributed by atoms with van der Waals surface area (Å²) in [7, 11) is 0. The molecule has 21 heavy (non-hydrogen) atoms. The average molecular weight is 286 g/mol. The van der Waals surface area contributed by atoms with Gasteiger partial charge in [-0.15, -0.1) is 0 Å². The summed E-state index contributed by atoms with van der Waals surface area (Å²) in [6.45, 7) is 8.36. The Kier molecular flexibility index (Phi) is 5.26. The zero-order valence-electron chi connectivity index (χ0n) is 13.3. The highest BCUT2D eigenvalue weighted by Crippen LogP contribution is 2.19. The van der Waals surface area contributed by atoms with Gasteiger partial charge in [0.25, 0.3) is 0 Å². The molecular formula is C17H26N4. The summed E-state index contributed by atoms with van der Waals surface area (Å²) in [6, 6.07) is 10.7. The number of nitrogens with zero attached hydrogens (tertiary/aromatic N) is 3. The lowest BCUT2D eigenvalue weighted by Gasteiger charge is -2.22. The Balaban J connectivity index is 2.10. The highest BCUT2D eigenvalue weighted by atomic mass is 15.3. The highest BCUT2D eigenvalue weighted by Gasteiger charge is 2.11. The van der Waals surface area contributed by atoms with Gasteiger partial charge in [0, 0.05) is 24.1 Å². The van der Waals surface area contributed by atoms with Crippen molar-refractivity contribution in [3.8, 4) is 0 Å². The molecule has 0 atom stereocenters. The molecule has 1 aromatic heterocycles. The summed E-state index contributed by atoms with van der Waals surface area (Å²) in [4.78, 5) is 2.30. The van der Waals surface area contributed by atoms with Crippen molar-refractivity contribution in [2.45, 2.75) is 46.2 Å². The van der Waals surface area contributed by atoms with Gasteiger partial charge in [-0.25, -0.2) is 0 Å². The molecule has 1 aromatic carbocycles. The number of aromatic nitrogens is 2. The van der Waals surface area contributed by atoms with Crippen LogP contribution in [0.2, 0.25) is 0 Å². The molecule has 2 rings (SSSR count). The lowest BCUT2D eigenvalue weighted by molar-refractivity contribution is 0.425. The van der Waals surface area contributed by atoms with Gasteiger partial charge < -0.3 is 10.6 Å². The van der Waals surface area contributed by atoms with Crippen molar-refractivity contribution in [1.82, 2.24) is 9.78 Å². The molecule has 0 radical (unpaired) electrons. The molecule has 2 N–H and O–H groups in total. The molecule has 0 bridgehead atoms. The van der Waals surface area contributed by atoms with E-state index >= 15 is 0 Å². The first-order valence-corrected chi connectivity index (χ1v) is 7.82. The zero-order valence-corrected chi connectivity index (χ0v) is 13.3. The van der Waals surface area contributed by atoms with E-state index in [4.69, 9.17) is 10.8 Å². The third-order valence-corrected chi connectivity index (χ3v) is 3.97. The Morgan fingerprint density at radius 3 is 2.33 bits per heavy atom. The first-order chi connectivity index (χ1) is 10.2. The summed E-state index contributed by atoms with van der Waals surface area (Å²) in [5.74, 6) is 0. The van der Waals surface area contributed by atoms with Crippen LogP contribution in [0.3, 0.4) is 0 Å². The van der Waals surface area contributed by atoms with Crippen LogP contribution in [0.25, 0.3) is 0 Å². The van der Waals surface area contributed by atoms with E-state index in [1.807, 2.05) is 12.1 Å². The van der Waals surface area contributed by atoms with E-state index in [-0.39, 0.29) is 0 Å². The normalized spacial score (nSPS) is 11.0. The van der Waals surface area contributed by atoms with Crippen LogP contribution in [0, 0.1) is 0 Å². The fourth-order valence-corrected chi connectivity index (χ4v) is 2.59. The van der Waals surface area contributed by atoms with E-state index in [0.717, 1.165) is 37.3 Å². The average Bonchev–Trinajstić information content (AvgIpc) is 2.96. The first-order valence-electron chi connectivity index (χ1n) is 7.82. The molecular weight excluding hydrogens is 260 g/mol. The topological polar surface area (TPSA) is 47.1 Å². The maximum atomic E-state index is 5.75. The van der Waals surface area contributed by atoms with Gasteiger partial charge in [0.1, 0.15) is 0 Å². The smallest absolute Gasteiger partial charge is 0.0817 e. The lowest BCUT2D eigenvalue weighted by Crippen LogP contribution is -2.22. The van der Waals surface area contributed by atoms with Crippen LogP contribution in [0.5, 0.6) is 0 Å². The standard InChI is InChI=1S/C17H26N4/c1-4-16(5-2)21-12-11-15(19-21)13-20(6-3)17-9-7-14(18)8-10-17/h7-12,16H,4-6,13,18H2,1-3H3. The maximum Gasteiger partial charge on any atom is 0.0817 e. The SMILES string of the molecule is CCC(CC)n1ccc(CN(CC)c2ccc(N)cc2)n1. The van der Waals surface area contributed by atoms with E-state index in [1.165, 1.54) is 5.69 Å². The molecule has 0 fully saturated rings. The molecule has 4 heteroatoms. The summed E-state index contributed by atoms with van der Waals surface area (Å²) in [5.41, 5.74) is 8.85. The predicted octanol–water partition coefficient (Wildman–Crippen LogP) is 3.85. The zero-order chi connectivity index (χ0) is 15.2. The Morgan fingerprint density at radius 2 is 1.76 bits per heavy atom. The Bertz CT molecular complexity index is 540. The van der Waals surface area contributed by atoms with Gasteiger partial charge in [-0.1, -0.05) is 13.8 Å². The molecule has 114 valence electrons. The highest BCUT2D eigenvalue weighted by molar-refractivity contribution is 5.53. The lowest BCUT2D eigenvalue weighted by atomic mass is 10.2. The molecule has 2 aromatic rings. The van der Waals surface area contributed by atoms with Gasteiger partial charge in [-0.2, -0.15) is 5.10 Å². The van der Waals surface area contributed by atoms with E-state index in [0.29, 0.717) is 6.04 Å². The molecule has 0 aliphatic heterocycles. The number of rotatable bonds is 7. The van der Waals surface area contributed by atoms with Crippen LogP contribution in [0.1, 0.15) is 45.3 Å². The van der Waals surface area contributed by atoms with Crippen LogP contribution in [-0.2, 0) is 6.54 Å². The fraction of sp³-hybridized carbons (Fsp3) is 0.471. The van der Waals surface area contributed by atoms with Gasteiger partial charge in [-0.05, 0) is 50.1 Å². The number of hydrogen-bond acceptors (Lipinski definition) is 3. The largest absolute Gasteiger partial charge is 0.399 e. The Hall–Kier alpha value is -1.97. The second kappa shape index (κ2) is 7.16. The molecule has 0 spiro atoms. The third-order valence-electron chi connectivity index (χ3n) is 3.97. The van der Waals surface area contributed by atoms with Crippen molar-refractivity contribution in [1.29, 1.82) is 0 Å². The first kappa shape index (κ1) is 15.4. The van der Waals surface area contributed by atoms with Crippen LogP contribution < -0.4 is 10.6 Å². The molecule has 0 amide bonds. The number of nitrogens with two attached hydrogens (primary N) is 1. The van der Waals surface area contributed by atoms with E-state index < -0.39 is 0 Å². The van der Waals surface area contributed by atoms with Gasteiger partial charge in [0.15, 0.2) is 0 Å². The van der Waals surface area contributed by atoms with Crippen LogP contribution >= 0.6 is 0 Å². The Labute approximate surface area is 127 Å². The molecule has 4 nitrogen and oxygen atoms in total. The molecule has 0 saturated carbocycles. The van der Waals surface area contributed by atoms with Crippen molar-refractivity contribution in [3.05, 3.63) is 42.2 Å². The van der Waals surface area contributed by atoms with Crippen LogP contribution in [0.4, 0.5) is 11.4 Å². The molecule has 1 heterocycles. The second-order valence-corrected chi connectivity index (χ2v) is 5.36. The summed E-state index contributed by atoms with van der Waals surface area (Å²) in [6.07, 6.45) is 4.34. The third kappa shape index (κ3) is 3.78. The van der Waals surface area contributed by atoms with Crippen LogP contribution in [-0.4, -0.2) is 16.3 Å². The maximum absolute atomic E-state index is 5.75. The molecule has 0 saturated heterocycles. The second-order valence-electron chi connectivity index (χ2n) is 5.36. The minimum Gasteiger partial charge on any atom is -0.399 e. The van der Waals surface area contributed by atoms with Crippen molar-refractivity contribution >= 4 is 11.4 Å². The van der Waals surface area contributed by atoms with Gasteiger partial charge in [0.2, 0.25) is 0 Å². The van der Waals surface area contributed by atoms with E-state index in [1.54, 1.807) is 0 Å². The van der Waals surface area contributed by atoms with Gasteiger partial charge >= 0.3 is 0 Å². The monoisotopic (exact) mass is 286 g/mol.